The highest BCUT2D eigenvalue weighted by molar-refractivity contribution is 7.80. The van der Waals surface area contributed by atoms with Gasteiger partial charge in [-0.3, -0.25) is 48.2 Å². The number of hydrogen-bond acceptors (Lipinski definition) is 16. The van der Waals surface area contributed by atoms with Gasteiger partial charge >= 0.3 is 35.8 Å². The molecule has 25 heteroatoms. The molecule has 1 aliphatic carbocycles. The molecule has 2 aromatic carbocycles. The van der Waals surface area contributed by atoms with Crippen LogP contribution in [0.3, 0.4) is 0 Å². The Labute approximate surface area is 435 Å². The molecular formula is C50H62N6O18S. The van der Waals surface area contributed by atoms with E-state index < -0.39 is 85.5 Å². The van der Waals surface area contributed by atoms with Crippen molar-refractivity contribution in [2.75, 3.05) is 57.8 Å². The Morgan fingerprint density at radius 2 is 1.36 bits per heavy atom. The first-order valence-electron chi connectivity index (χ1n) is 23.9. The highest BCUT2D eigenvalue weighted by atomic mass is 32.1. The number of nitrogens with one attached hydrogen (secondary N) is 4. The predicted octanol–water partition coefficient (Wildman–Crippen LogP) is 2.85. The van der Waals surface area contributed by atoms with E-state index in [1.54, 1.807) is 6.07 Å². The molecule has 3 unspecified atom stereocenters. The molecule has 406 valence electrons. The Morgan fingerprint density at radius 3 is 1.96 bits per heavy atom. The van der Waals surface area contributed by atoms with Gasteiger partial charge in [0.1, 0.15) is 35.2 Å². The van der Waals surface area contributed by atoms with Gasteiger partial charge in [-0.05, 0) is 105 Å². The predicted molar refractivity (Wildman–Crippen MR) is 273 cm³/mol. The smallest absolute Gasteiger partial charge is 0.336 e. The number of aromatic carboxylic acids is 1. The highest BCUT2D eigenvalue weighted by Crippen LogP contribution is 2.42. The van der Waals surface area contributed by atoms with Gasteiger partial charge in [0, 0.05) is 60.4 Å². The molecule has 1 aliphatic heterocycles. The number of phenols is 1. The van der Waals surface area contributed by atoms with E-state index in [0.717, 1.165) is 4.90 Å². The number of unbranched alkanes of at least 4 members (excludes halogenated alkanes) is 2. The normalized spacial score (nSPS) is 12.5. The highest BCUT2D eigenvalue weighted by Gasteiger charge is 2.30. The van der Waals surface area contributed by atoms with Gasteiger partial charge in [-0.15, -0.1) is 0 Å². The lowest BCUT2D eigenvalue weighted by molar-refractivity contribution is -0.152. The van der Waals surface area contributed by atoms with Crippen LogP contribution in [0.1, 0.15) is 75.6 Å². The Hall–Kier alpha value is -7.74. The number of thiocarbonyl (C=S) groups is 1. The van der Waals surface area contributed by atoms with Gasteiger partial charge in [-0.1, -0.05) is 19.9 Å². The first-order valence-corrected chi connectivity index (χ1v) is 24.3. The lowest BCUT2D eigenvalue weighted by atomic mass is 9.90. The van der Waals surface area contributed by atoms with E-state index in [4.69, 9.17) is 21.4 Å². The lowest BCUT2D eigenvalue weighted by Gasteiger charge is -2.27. The van der Waals surface area contributed by atoms with Gasteiger partial charge in [-0.2, -0.15) is 0 Å². The van der Waals surface area contributed by atoms with E-state index in [0.29, 0.717) is 29.4 Å². The minimum atomic E-state index is -1.45. The Bertz CT molecular complexity index is 2720. The van der Waals surface area contributed by atoms with Crippen LogP contribution in [0.2, 0.25) is 0 Å². The molecule has 24 nitrogen and oxygen atoms in total. The molecule has 0 spiro atoms. The van der Waals surface area contributed by atoms with Crippen molar-refractivity contribution in [3.8, 4) is 28.2 Å². The number of nitrogens with zero attached hydrogens (tertiary/aromatic N) is 2. The number of aliphatic carboxylic acids is 4. The first kappa shape index (κ1) is 59.8. The number of phenolic OH excluding ortho intramolecular Hbond substituents is 1. The van der Waals surface area contributed by atoms with Gasteiger partial charge in [0.25, 0.3) is 0 Å². The van der Waals surface area contributed by atoms with E-state index in [1.165, 1.54) is 53.4 Å². The number of rotatable bonds is 32. The van der Waals surface area contributed by atoms with Crippen LogP contribution in [0.15, 0.2) is 63.8 Å². The summed E-state index contributed by atoms with van der Waals surface area (Å²) in [7, 11) is 0. The molecule has 0 saturated heterocycles. The first-order chi connectivity index (χ1) is 35.6. The average molecular weight is 1070 g/mol. The van der Waals surface area contributed by atoms with Crippen LogP contribution in [0, 0.1) is 5.92 Å². The van der Waals surface area contributed by atoms with Gasteiger partial charge in [0.2, 0.25) is 11.8 Å². The summed E-state index contributed by atoms with van der Waals surface area (Å²) in [5.74, 6) is -8.51. The van der Waals surface area contributed by atoms with E-state index in [9.17, 15) is 78.9 Å². The molecule has 0 aromatic heterocycles. The molecule has 75 heavy (non-hydrogen) atoms. The number of benzene rings is 3. The van der Waals surface area contributed by atoms with E-state index >= 15 is 0 Å². The summed E-state index contributed by atoms with van der Waals surface area (Å²) in [6.07, 6.45) is 0.487. The maximum Gasteiger partial charge on any atom is 0.336 e. The van der Waals surface area contributed by atoms with Crippen molar-refractivity contribution in [3.63, 3.8) is 0 Å². The van der Waals surface area contributed by atoms with Gasteiger partial charge in [0.15, 0.2) is 10.5 Å². The zero-order valence-electron chi connectivity index (χ0n) is 41.2. The van der Waals surface area contributed by atoms with Crippen LogP contribution in [-0.4, -0.2) is 169 Å². The van der Waals surface area contributed by atoms with Crippen molar-refractivity contribution in [2.45, 2.75) is 83.3 Å². The SMILES string of the molecule is CC(C)COC(=O)CN(CCO)C(CCCCNC(=O)CCC(NC(=S)Nc1ccc(-c2c3ccc(=O)cc-3oc3cc(O)ccc23)c(C(=O)O)c1)C(=O)NCCCCC(C(=O)O)N(CC(=O)O)CC(=O)O)C(=O)O. The summed E-state index contributed by atoms with van der Waals surface area (Å²) < 4.78 is 11.1. The number of carbonyl (C=O) groups excluding carboxylic acids is 3. The number of carbonyl (C=O) groups is 8. The molecule has 3 atom stereocenters. The molecule has 4 rings (SSSR count). The Morgan fingerprint density at radius 1 is 0.733 bits per heavy atom. The van der Waals surface area contributed by atoms with Gasteiger partial charge in [-0.25, -0.2) is 4.79 Å². The summed E-state index contributed by atoms with van der Waals surface area (Å²) in [6, 6.07) is 8.87. The summed E-state index contributed by atoms with van der Waals surface area (Å²) in [5, 5.41) is 79.7. The number of hydrogen-bond donors (Lipinski definition) is 11. The molecule has 11 N–H and O–H groups in total. The third kappa shape index (κ3) is 18.9. The molecule has 0 fully saturated rings. The maximum atomic E-state index is 13.7. The van der Waals surface area contributed by atoms with Crippen LogP contribution < -0.4 is 26.7 Å². The second-order valence-electron chi connectivity index (χ2n) is 17.9. The number of carboxylic acid groups (broad SMARTS) is 5. The molecule has 0 bridgehead atoms. The van der Waals surface area contributed by atoms with Crippen LogP contribution in [-0.2, 0) is 38.3 Å². The van der Waals surface area contributed by atoms with Crippen LogP contribution in [0.25, 0.3) is 33.4 Å². The summed E-state index contributed by atoms with van der Waals surface area (Å²) in [4.78, 5) is 113. The number of fused-ring (bicyclic) bond motifs is 2. The second kappa shape index (κ2) is 29.2. The zero-order chi connectivity index (χ0) is 55.4. The van der Waals surface area contributed by atoms with E-state index in [-0.39, 0.29) is 122 Å². The fraction of sp³-hybridized carbons (Fsp3) is 0.440. The van der Waals surface area contributed by atoms with Crippen molar-refractivity contribution in [3.05, 3.63) is 70.4 Å². The maximum absolute atomic E-state index is 13.7. The summed E-state index contributed by atoms with van der Waals surface area (Å²) >= 11 is 5.56. The number of ether oxygens (including phenoxy) is 1. The largest absolute Gasteiger partial charge is 0.508 e. The van der Waals surface area contributed by atoms with Crippen molar-refractivity contribution >= 4 is 81.6 Å². The molecule has 2 aromatic rings. The fourth-order valence-corrected chi connectivity index (χ4v) is 8.37. The number of aromatic hydroxyl groups is 1. The van der Waals surface area contributed by atoms with Crippen LogP contribution in [0.5, 0.6) is 5.75 Å². The zero-order valence-corrected chi connectivity index (χ0v) is 42.1. The fourth-order valence-electron chi connectivity index (χ4n) is 8.11. The lowest BCUT2D eigenvalue weighted by Crippen LogP contribution is -2.48. The third-order valence-electron chi connectivity index (χ3n) is 11.6. The molecule has 2 aliphatic rings. The minimum Gasteiger partial charge on any atom is -0.508 e. The topological polar surface area (TPSA) is 372 Å². The molecule has 0 radical (unpaired) electrons. The van der Waals surface area contributed by atoms with Crippen LogP contribution in [0.4, 0.5) is 5.69 Å². The van der Waals surface area contributed by atoms with E-state index in [2.05, 4.69) is 21.3 Å². The number of aliphatic hydroxyl groups is 1. The standard InChI is InChI=1S/C50H62N6O18S/c1-28(2)27-73-44(65)26-55(19-20-57)37(48(69)70)7-3-5-17-51-41(60)16-15-36(46(66)52-18-6-4-8-38(49(71)72)56(24-42(61)62)25-43(63)64)54-50(75)53-29-9-12-32(35(21-29)47(67)68)45-33-13-10-30(58)22-39(33)74-40-23-31(59)11-14-34(40)45/h9-14,21-23,28,36-38,57-58H,3-8,15-20,24-27H2,1-2H3,(H,51,60)(H,52,66)(H,61,62)(H,63,64)(H,67,68)(H,69,70)(H,71,72)(H2,53,54,75). The number of amides is 2. The van der Waals surface area contributed by atoms with Gasteiger partial charge in [0.05, 0.1) is 38.4 Å². The number of aliphatic hydroxyl groups excluding tert-OH is 1. The molecule has 0 saturated carbocycles. The molecule has 2 amide bonds. The average Bonchev–Trinajstić information content (AvgIpc) is 3.32. The van der Waals surface area contributed by atoms with Crippen molar-refractivity contribution < 1.29 is 83.3 Å². The Kier molecular flexibility index (Phi) is 23.3. The number of esters is 1. The van der Waals surface area contributed by atoms with Crippen molar-refractivity contribution in [1.82, 2.24) is 25.8 Å². The summed E-state index contributed by atoms with van der Waals surface area (Å²) in [5.41, 5.74) is 0.809. The van der Waals surface area contributed by atoms with Gasteiger partial charge < -0.3 is 66.2 Å². The van der Waals surface area contributed by atoms with Crippen molar-refractivity contribution in [2.24, 2.45) is 5.92 Å². The second-order valence-corrected chi connectivity index (χ2v) is 18.3. The van der Waals surface area contributed by atoms with Crippen molar-refractivity contribution in [1.29, 1.82) is 0 Å². The quantitative estimate of drug-likeness (QED) is 0.0145. The minimum absolute atomic E-state index is 0.0326. The van der Waals surface area contributed by atoms with Crippen LogP contribution >= 0.6 is 12.2 Å². The number of carboxylic acids is 5. The van der Waals surface area contributed by atoms with E-state index in [1.807, 2.05) is 13.8 Å². The Balaban J connectivity index is 1.47. The summed E-state index contributed by atoms with van der Waals surface area (Å²) in [6.45, 7) is 1.43. The molecule has 1 heterocycles. The number of anilines is 1. The molecular weight excluding hydrogens is 1000 g/mol. The monoisotopic (exact) mass is 1070 g/mol. The third-order valence-corrected chi connectivity index (χ3v) is 11.8.